The summed E-state index contributed by atoms with van der Waals surface area (Å²) < 4.78 is 34.2. The zero-order valence-corrected chi connectivity index (χ0v) is 18.4. The SMILES string of the molecule is CCN(CC)S(=O)(=O)c1cc(C(=O)Nc2cnc3c(c2)c(C)nn3C)ccc1OC. The monoisotopic (exact) mass is 431 g/mol. The van der Waals surface area contributed by atoms with Crippen molar-refractivity contribution in [1.82, 2.24) is 19.1 Å². The number of aromatic nitrogens is 3. The number of ether oxygens (including phenoxy) is 1. The lowest BCUT2D eigenvalue weighted by atomic mass is 10.2. The van der Waals surface area contributed by atoms with Crippen LogP contribution in [0, 0.1) is 6.92 Å². The second-order valence-electron chi connectivity index (χ2n) is 6.71. The van der Waals surface area contributed by atoms with Crippen molar-refractivity contribution in [2.45, 2.75) is 25.7 Å². The molecule has 9 nitrogen and oxygen atoms in total. The molecule has 2 aromatic heterocycles. The molecular weight excluding hydrogens is 406 g/mol. The van der Waals surface area contributed by atoms with Gasteiger partial charge in [-0.1, -0.05) is 13.8 Å². The fraction of sp³-hybridized carbons (Fsp3) is 0.350. The van der Waals surface area contributed by atoms with Gasteiger partial charge in [0, 0.05) is 31.1 Å². The first-order chi connectivity index (χ1) is 14.2. The Morgan fingerprint density at radius 2 is 1.93 bits per heavy atom. The second-order valence-corrected chi connectivity index (χ2v) is 8.62. The molecular formula is C20H25N5O4S. The van der Waals surface area contributed by atoms with Gasteiger partial charge in [-0.15, -0.1) is 0 Å². The van der Waals surface area contributed by atoms with Crippen molar-refractivity contribution >= 4 is 32.7 Å². The Morgan fingerprint density at radius 1 is 1.23 bits per heavy atom. The Hall–Kier alpha value is -2.98. The summed E-state index contributed by atoms with van der Waals surface area (Å²) in [6, 6.07) is 6.14. The Morgan fingerprint density at radius 3 is 2.57 bits per heavy atom. The van der Waals surface area contributed by atoms with E-state index < -0.39 is 15.9 Å². The summed E-state index contributed by atoms with van der Waals surface area (Å²) >= 11 is 0. The van der Waals surface area contributed by atoms with Crippen molar-refractivity contribution in [1.29, 1.82) is 0 Å². The highest BCUT2D eigenvalue weighted by atomic mass is 32.2. The van der Waals surface area contributed by atoms with E-state index in [1.807, 2.05) is 6.92 Å². The number of amides is 1. The van der Waals surface area contributed by atoms with Crippen molar-refractivity contribution in [3.8, 4) is 5.75 Å². The number of fused-ring (bicyclic) bond motifs is 1. The summed E-state index contributed by atoms with van der Waals surface area (Å²) in [5.74, 6) is -0.260. The number of benzene rings is 1. The average molecular weight is 432 g/mol. The number of methoxy groups -OCH3 is 1. The number of nitrogens with zero attached hydrogens (tertiary/aromatic N) is 4. The van der Waals surface area contributed by atoms with E-state index in [4.69, 9.17) is 4.74 Å². The van der Waals surface area contributed by atoms with Gasteiger partial charge in [0.15, 0.2) is 5.65 Å². The first-order valence-corrected chi connectivity index (χ1v) is 11.0. The van der Waals surface area contributed by atoms with Gasteiger partial charge in [0.05, 0.1) is 24.7 Å². The minimum Gasteiger partial charge on any atom is -0.495 e. The highest BCUT2D eigenvalue weighted by molar-refractivity contribution is 7.89. The van der Waals surface area contributed by atoms with Crippen LogP contribution in [0.5, 0.6) is 5.75 Å². The average Bonchev–Trinajstić information content (AvgIpc) is 3.01. The van der Waals surface area contributed by atoms with E-state index in [-0.39, 0.29) is 16.2 Å². The van der Waals surface area contributed by atoms with Gasteiger partial charge in [0.2, 0.25) is 10.0 Å². The number of hydrogen-bond donors (Lipinski definition) is 1. The van der Waals surface area contributed by atoms with E-state index in [1.165, 1.54) is 29.6 Å². The van der Waals surface area contributed by atoms with Gasteiger partial charge in [0.25, 0.3) is 5.91 Å². The summed E-state index contributed by atoms with van der Waals surface area (Å²) in [5, 5.41) is 7.92. The molecule has 0 atom stereocenters. The van der Waals surface area contributed by atoms with E-state index in [2.05, 4.69) is 15.4 Å². The molecule has 1 aromatic carbocycles. The van der Waals surface area contributed by atoms with Crippen LogP contribution in [0.15, 0.2) is 35.4 Å². The van der Waals surface area contributed by atoms with Crippen LogP contribution in [0.4, 0.5) is 5.69 Å². The Labute approximate surface area is 175 Å². The van der Waals surface area contributed by atoms with E-state index in [0.29, 0.717) is 24.4 Å². The van der Waals surface area contributed by atoms with Crippen LogP contribution in [-0.4, -0.2) is 53.6 Å². The molecule has 2 heterocycles. The minimum atomic E-state index is -3.80. The Kier molecular flexibility index (Phi) is 6.09. The maximum absolute atomic E-state index is 13.0. The normalized spacial score (nSPS) is 11.8. The van der Waals surface area contributed by atoms with Crippen molar-refractivity contribution in [2.24, 2.45) is 7.05 Å². The van der Waals surface area contributed by atoms with Crippen molar-refractivity contribution in [3.05, 3.63) is 41.7 Å². The molecule has 0 radical (unpaired) electrons. The molecule has 1 amide bonds. The lowest BCUT2D eigenvalue weighted by Crippen LogP contribution is -2.31. The number of carbonyl (C=O) groups is 1. The standard InChI is InChI=1S/C20H25N5O4S/c1-6-25(7-2)30(27,28)18-10-14(8-9-17(18)29-5)20(26)22-15-11-16-13(3)23-24(4)19(16)21-12-15/h8-12H,6-7H2,1-5H3,(H,22,26). The number of nitrogens with one attached hydrogen (secondary N) is 1. The van der Waals surface area contributed by atoms with Crippen LogP contribution in [0.1, 0.15) is 29.9 Å². The zero-order chi connectivity index (χ0) is 22.1. The maximum Gasteiger partial charge on any atom is 0.255 e. The van der Waals surface area contributed by atoms with Gasteiger partial charge < -0.3 is 10.1 Å². The van der Waals surface area contributed by atoms with Gasteiger partial charge in [0.1, 0.15) is 10.6 Å². The van der Waals surface area contributed by atoms with Gasteiger partial charge in [-0.25, -0.2) is 13.4 Å². The van der Waals surface area contributed by atoms with Gasteiger partial charge in [-0.05, 0) is 31.2 Å². The largest absolute Gasteiger partial charge is 0.495 e. The molecule has 0 unspecified atom stereocenters. The van der Waals surface area contributed by atoms with E-state index >= 15 is 0 Å². The lowest BCUT2D eigenvalue weighted by molar-refractivity contribution is 0.102. The van der Waals surface area contributed by atoms with Crippen LogP contribution < -0.4 is 10.1 Å². The highest BCUT2D eigenvalue weighted by Gasteiger charge is 2.27. The molecule has 0 aliphatic rings. The molecule has 0 bridgehead atoms. The topological polar surface area (TPSA) is 106 Å². The second kappa shape index (κ2) is 8.41. The molecule has 0 saturated carbocycles. The summed E-state index contributed by atoms with van der Waals surface area (Å²) in [6.07, 6.45) is 1.54. The lowest BCUT2D eigenvalue weighted by Gasteiger charge is -2.20. The number of carbonyl (C=O) groups excluding carboxylic acids is 1. The number of anilines is 1. The molecule has 0 spiro atoms. The van der Waals surface area contributed by atoms with Crippen molar-refractivity contribution in [3.63, 3.8) is 0 Å². The van der Waals surface area contributed by atoms with Gasteiger partial charge in [-0.2, -0.15) is 9.40 Å². The molecule has 0 aliphatic carbocycles. The molecule has 3 aromatic rings. The Bertz CT molecular complexity index is 1200. The van der Waals surface area contributed by atoms with Crippen LogP contribution in [0.2, 0.25) is 0 Å². The van der Waals surface area contributed by atoms with Gasteiger partial charge in [-0.3, -0.25) is 9.48 Å². The van der Waals surface area contributed by atoms with Crippen LogP contribution in [-0.2, 0) is 17.1 Å². The number of hydrogen-bond acceptors (Lipinski definition) is 6. The fourth-order valence-electron chi connectivity index (χ4n) is 3.30. The number of sulfonamides is 1. The first kappa shape index (κ1) is 21.7. The van der Waals surface area contributed by atoms with E-state index in [1.54, 1.807) is 37.8 Å². The maximum atomic E-state index is 13.0. The van der Waals surface area contributed by atoms with Crippen molar-refractivity contribution < 1.29 is 17.9 Å². The summed E-state index contributed by atoms with van der Waals surface area (Å²) in [6.45, 7) is 6.01. The van der Waals surface area contributed by atoms with Crippen LogP contribution in [0.3, 0.4) is 0 Å². The number of aryl methyl sites for hydroxylation is 2. The molecule has 0 aliphatic heterocycles. The minimum absolute atomic E-state index is 0.0435. The molecule has 3 rings (SSSR count). The molecule has 1 N–H and O–H groups in total. The molecule has 0 saturated heterocycles. The number of pyridine rings is 1. The fourth-order valence-corrected chi connectivity index (χ4v) is 4.94. The molecule has 10 heteroatoms. The van der Waals surface area contributed by atoms with E-state index in [9.17, 15) is 13.2 Å². The first-order valence-electron chi connectivity index (χ1n) is 9.51. The Balaban J connectivity index is 1.96. The summed E-state index contributed by atoms with van der Waals surface area (Å²) in [4.78, 5) is 17.1. The zero-order valence-electron chi connectivity index (χ0n) is 17.6. The third kappa shape index (κ3) is 3.88. The third-order valence-corrected chi connectivity index (χ3v) is 6.94. The predicted octanol–water partition coefficient (Wildman–Crippen LogP) is 2.57. The van der Waals surface area contributed by atoms with Crippen molar-refractivity contribution in [2.75, 3.05) is 25.5 Å². The summed E-state index contributed by atoms with van der Waals surface area (Å²) in [5.41, 5.74) is 2.20. The highest BCUT2D eigenvalue weighted by Crippen LogP contribution is 2.28. The predicted molar refractivity (Wildman–Crippen MR) is 114 cm³/mol. The third-order valence-electron chi connectivity index (χ3n) is 4.87. The van der Waals surface area contributed by atoms with Gasteiger partial charge >= 0.3 is 0 Å². The summed E-state index contributed by atoms with van der Waals surface area (Å²) in [7, 11) is -0.602. The van der Waals surface area contributed by atoms with Crippen LogP contribution >= 0.6 is 0 Å². The smallest absolute Gasteiger partial charge is 0.255 e. The quantitative estimate of drug-likeness (QED) is 0.616. The van der Waals surface area contributed by atoms with E-state index in [0.717, 1.165) is 11.1 Å². The number of rotatable bonds is 7. The molecule has 30 heavy (non-hydrogen) atoms. The van der Waals surface area contributed by atoms with Crippen LogP contribution in [0.25, 0.3) is 11.0 Å². The molecule has 160 valence electrons. The molecule has 0 fully saturated rings.